The first kappa shape index (κ1) is 30.5. The predicted octanol–water partition coefficient (Wildman–Crippen LogP) is 3.69. The number of rotatable bonds is 9. The molecule has 4 heterocycles. The average molecular weight is 677 g/mol. The van der Waals surface area contributed by atoms with Gasteiger partial charge in [0.25, 0.3) is 22.2 Å². The highest BCUT2D eigenvalue weighted by atomic mass is 32.1. The Labute approximate surface area is 279 Å². The molecule has 4 aromatic carbocycles. The number of nitrogens with one attached hydrogen (secondary N) is 4. The summed E-state index contributed by atoms with van der Waals surface area (Å²) in [4.78, 5) is 61.1. The van der Waals surface area contributed by atoms with Gasteiger partial charge in [-0.25, -0.2) is 0 Å². The van der Waals surface area contributed by atoms with Crippen LogP contribution in [0, 0.1) is 0 Å². The van der Waals surface area contributed by atoms with Gasteiger partial charge in [-0.3, -0.25) is 28.3 Å². The fraction of sp³-hybridized carbons (Fsp3) is 0.222. The number of benzene rings is 4. The first-order chi connectivity index (χ1) is 23.1. The zero-order valence-corrected chi connectivity index (χ0v) is 28.0. The Morgan fingerprint density at radius 2 is 1.00 bits per heavy atom. The van der Waals surface area contributed by atoms with Crippen LogP contribution in [0.5, 0.6) is 0 Å². The molecule has 12 heteroatoms. The van der Waals surface area contributed by atoms with E-state index in [0.29, 0.717) is 58.5 Å². The molecule has 0 fully saturated rings. The van der Waals surface area contributed by atoms with Crippen molar-refractivity contribution in [2.45, 2.75) is 25.9 Å². The van der Waals surface area contributed by atoms with E-state index in [1.165, 1.54) is 31.8 Å². The highest BCUT2D eigenvalue weighted by Crippen LogP contribution is 2.32. The highest BCUT2D eigenvalue weighted by Gasteiger charge is 2.21. The molecular formula is C36H32N6O4S2. The predicted molar refractivity (Wildman–Crippen MR) is 200 cm³/mol. The second kappa shape index (κ2) is 11.4. The molecule has 0 aliphatic carbocycles. The fourth-order valence-corrected chi connectivity index (χ4v) is 8.92. The van der Waals surface area contributed by atoms with Crippen LogP contribution in [0.2, 0.25) is 0 Å². The van der Waals surface area contributed by atoms with Crippen LogP contribution in [-0.2, 0) is 0 Å². The molecule has 0 radical (unpaired) electrons. The minimum absolute atomic E-state index is 0.299. The molecule has 0 aliphatic heterocycles. The Hall–Kier alpha value is -4.88. The lowest BCUT2D eigenvalue weighted by molar-refractivity contribution is 0.450. The van der Waals surface area contributed by atoms with Crippen molar-refractivity contribution in [3.8, 4) is 0 Å². The van der Waals surface area contributed by atoms with E-state index >= 15 is 0 Å². The van der Waals surface area contributed by atoms with E-state index in [4.69, 9.17) is 0 Å². The van der Waals surface area contributed by atoms with Crippen molar-refractivity contribution in [3.63, 3.8) is 0 Å². The summed E-state index contributed by atoms with van der Waals surface area (Å²) in [7, 11) is 0. The summed E-state index contributed by atoms with van der Waals surface area (Å²) >= 11 is 3.02. The molecule has 0 amide bonds. The number of fused-ring (bicyclic) bond motifs is 4. The molecule has 4 N–H and O–H groups in total. The monoisotopic (exact) mass is 676 g/mol. The molecule has 242 valence electrons. The number of H-pyrrole nitrogens is 2. The van der Waals surface area contributed by atoms with Crippen LogP contribution in [0.4, 0.5) is 0 Å². The van der Waals surface area contributed by atoms with E-state index in [2.05, 4.69) is 33.8 Å². The lowest BCUT2D eigenvalue weighted by Gasteiger charge is -2.19. The number of pyridine rings is 2. The molecule has 8 aromatic rings. The van der Waals surface area contributed by atoms with Crippen molar-refractivity contribution in [2.24, 2.45) is 0 Å². The standard InChI is InChI=1S/C36H32N6O4S2/c1-17(41-33(43)23-9-5-7-21-29(23)25(35(41)45)13-27-31(21)47-19(3)39-27)15-37-11-12-38-16-18(2)42-34(44)24-10-6-8-22-30(24)26(36(42)46)14-28-32(22)48-20(4)40-28/h5-10,13-14,17-18,37-40H,3-4,11-12,15-16H2,1-2H3/t17-,18-/m1/s1. The van der Waals surface area contributed by atoms with Crippen molar-refractivity contribution in [2.75, 3.05) is 26.2 Å². The third-order valence-corrected chi connectivity index (χ3v) is 11.2. The zero-order valence-electron chi connectivity index (χ0n) is 26.4. The SMILES string of the molecule is C=c1[nH]c2cc3c(=O)n([C@H](C)CNCCNC[C@@H](C)n4c(=O)c5cccc6c7sc(=C)[nH]c7cc(c4=O)c56)c(=O)c4cccc(c2s1)c43. The van der Waals surface area contributed by atoms with Crippen molar-refractivity contribution >= 4 is 99.4 Å². The maximum absolute atomic E-state index is 13.7. The zero-order chi connectivity index (χ0) is 33.4. The third kappa shape index (κ3) is 4.59. The number of nitrogens with zero attached hydrogens (tertiary/aromatic N) is 2. The average Bonchev–Trinajstić information content (AvgIpc) is 3.64. The van der Waals surface area contributed by atoms with Crippen LogP contribution in [-0.4, -0.2) is 45.3 Å². The van der Waals surface area contributed by atoms with E-state index in [1.54, 1.807) is 12.1 Å². The number of thiazole rings is 2. The minimum atomic E-state index is -0.393. The number of aromatic amines is 2. The number of hydrogen-bond donors (Lipinski definition) is 4. The third-order valence-electron chi connectivity index (χ3n) is 9.26. The van der Waals surface area contributed by atoms with Crippen molar-refractivity contribution in [1.29, 1.82) is 0 Å². The van der Waals surface area contributed by atoms with E-state index in [0.717, 1.165) is 40.5 Å². The van der Waals surface area contributed by atoms with Crippen LogP contribution < -0.4 is 42.2 Å². The molecule has 0 aliphatic rings. The molecule has 0 saturated carbocycles. The first-order valence-corrected chi connectivity index (χ1v) is 17.4. The maximum atomic E-state index is 13.7. The van der Waals surface area contributed by atoms with Crippen LogP contribution in [0.3, 0.4) is 0 Å². The van der Waals surface area contributed by atoms with Gasteiger partial charge in [0.15, 0.2) is 0 Å². The van der Waals surface area contributed by atoms with Gasteiger partial charge >= 0.3 is 0 Å². The van der Waals surface area contributed by atoms with Crippen molar-refractivity contribution in [3.05, 3.63) is 99.3 Å². The van der Waals surface area contributed by atoms with Gasteiger partial charge in [-0.15, -0.1) is 22.7 Å². The summed E-state index contributed by atoms with van der Waals surface area (Å²) < 4.78 is 6.21. The van der Waals surface area contributed by atoms with Crippen molar-refractivity contribution < 1.29 is 0 Å². The van der Waals surface area contributed by atoms with E-state index in [-0.39, 0.29) is 22.2 Å². The fourth-order valence-electron chi connectivity index (χ4n) is 7.10. The molecule has 8 rings (SSSR count). The maximum Gasteiger partial charge on any atom is 0.261 e. The normalized spacial score (nSPS) is 13.6. The molecule has 0 unspecified atom stereocenters. The van der Waals surface area contributed by atoms with Gasteiger partial charge < -0.3 is 20.6 Å². The Morgan fingerprint density at radius 1 is 0.625 bits per heavy atom. The molecule has 0 spiro atoms. The lowest BCUT2D eigenvalue weighted by Crippen LogP contribution is -2.42. The van der Waals surface area contributed by atoms with E-state index in [1.807, 2.05) is 50.2 Å². The molecular weight excluding hydrogens is 645 g/mol. The summed E-state index contributed by atoms with van der Waals surface area (Å²) in [5, 5.41) is 11.9. The Bertz CT molecular complexity index is 2730. The Balaban J connectivity index is 0.975. The van der Waals surface area contributed by atoms with Gasteiger partial charge in [-0.1, -0.05) is 37.4 Å². The largest absolute Gasteiger partial charge is 0.347 e. The topological polar surface area (TPSA) is 134 Å². The molecule has 10 nitrogen and oxygen atoms in total. The number of hydrogen-bond acceptors (Lipinski definition) is 8. The van der Waals surface area contributed by atoms with Gasteiger partial charge in [0.05, 0.1) is 40.5 Å². The van der Waals surface area contributed by atoms with Crippen LogP contribution in [0.25, 0.3) is 76.7 Å². The quantitative estimate of drug-likeness (QED) is 0.173. The van der Waals surface area contributed by atoms with Crippen LogP contribution in [0.1, 0.15) is 25.9 Å². The number of aromatic nitrogens is 4. The molecule has 0 saturated heterocycles. The van der Waals surface area contributed by atoms with Crippen molar-refractivity contribution in [1.82, 2.24) is 29.7 Å². The van der Waals surface area contributed by atoms with Crippen LogP contribution in [0.15, 0.2) is 67.7 Å². The van der Waals surface area contributed by atoms with Gasteiger partial charge in [0.2, 0.25) is 0 Å². The summed E-state index contributed by atoms with van der Waals surface area (Å²) in [5.41, 5.74) is 0.444. The first-order valence-electron chi connectivity index (χ1n) is 15.8. The Morgan fingerprint density at radius 3 is 1.42 bits per heavy atom. The summed E-state index contributed by atoms with van der Waals surface area (Å²) in [5.74, 6) is 0. The highest BCUT2D eigenvalue weighted by molar-refractivity contribution is 7.18. The van der Waals surface area contributed by atoms with E-state index in [9.17, 15) is 19.2 Å². The second-order valence-electron chi connectivity index (χ2n) is 12.4. The van der Waals surface area contributed by atoms with Gasteiger partial charge in [0, 0.05) is 70.6 Å². The van der Waals surface area contributed by atoms with E-state index < -0.39 is 12.1 Å². The summed E-state index contributed by atoms with van der Waals surface area (Å²) in [6.45, 7) is 13.7. The second-order valence-corrected chi connectivity index (χ2v) is 14.6. The summed E-state index contributed by atoms with van der Waals surface area (Å²) in [6.07, 6.45) is 0. The van der Waals surface area contributed by atoms with Gasteiger partial charge in [-0.2, -0.15) is 0 Å². The smallest absolute Gasteiger partial charge is 0.261 e. The minimum Gasteiger partial charge on any atom is -0.347 e. The molecule has 4 aromatic heterocycles. The van der Waals surface area contributed by atoms with Gasteiger partial charge in [0.1, 0.15) is 0 Å². The molecule has 2 atom stereocenters. The summed E-state index contributed by atoms with van der Waals surface area (Å²) in [6, 6.07) is 14.0. The molecule has 48 heavy (non-hydrogen) atoms. The molecule has 0 bridgehead atoms. The van der Waals surface area contributed by atoms with Crippen LogP contribution >= 0.6 is 22.7 Å². The van der Waals surface area contributed by atoms with Gasteiger partial charge in [-0.05, 0) is 38.1 Å². The Kier molecular flexibility index (Phi) is 7.22. The lowest BCUT2D eigenvalue weighted by atomic mass is 10.0.